The smallest absolute Gasteiger partial charge is 0.355 e. The van der Waals surface area contributed by atoms with Crippen molar-refractivity contribution in [3.8, 4) is 5.75 Å². The zero-order chi connectivity index (χ0) is 18.0. The van der Waals surface area contributed by atoms with Crippen LogP contribution < -0.4 is 5.32 Å². The number of amides is 1. The van der Waals surface area contributed by atoms with Gasteiger partial charge in [-0.3, -0.25) is 4.79 Å². The van der Waals surface area contributed by atoms with Gasteiger partial charge < -0.3 is 15.5 Å². The number of pyridine rings is 1. The van der Waals surface area contributed by atoms with Gasteiger partial charge in [0, 0.05) is 17.3 Å². The molecule has 2 aromatic carbocycles. The number of halogens is 1. The molecule has 0 spiro atoms. The van der Waals surface area contributed by atoms with Gasteiger partial charge >= 0.3 is 5.97 Å². The van der Waals surface area contributed by atoms with E-state index in [0.29, 0.717) is 11.3 Å². The van der Waals surface area contributed by atoms with Crippen molar-refractivity contribution in [2.75, 3.05) is 5.32 Å². The van der Waals surface area contributed by atoms with Gasteiger partial charge in [-0.05, 0) is 35.9 Å². The number of hydrogen-bond donors (Lipinski definition) is 3. The maximum Gasteiger partial charge on any atom is 0.355 e. The van der Waals surface area contributed by atoms with Crippen LogP contribution in [0.15, 0.2) is 48.7 Å². The van der Waals surface area contributed by atoms with Gasteiger partial charge in [-0.25, -0.2) is 14.2 Å². The molecule has 0 radical (unpaired) electrons. The Morgan fingerprint density at radius 2 is 1.80 bits per heavy atom. The maximum absolute atomic E-state index is 14.1. The molecule has 0 atom stereocenters. The van der Waals surface area contributed by atoms with E-state index in [4.69, 9.17) is 5.11 Å². The number of carbonyl (C=O) groups excluding carboxylic acids is 1. The summed E-state index contributed by atoms with van der Waals surface area (Å²) >= 11 is 0. The highest BCUT2D eigenvalue weighted by Crippen LogP contribution is 2.28. The van der Waals surface area contributed by atoms with Crippen molar-refractivity contribution in [2.45, 2.75) is 6.42 Å². The van der Waals surface area contributed by atoms with Crippen molar-refractivity contribution in [2.24, 2.45) is 0 Å². The minimum Gasteiger partial charge on any atom is -0.508 e. The van der Waals surface area contributed by atoms with E-state index in [1.165, 1.54) is 30.5 Å². The molecule has 0 aliphatic heterocycles. The standard InChI is InChI=1S/C18H13FN2O4/c19-13-5-6-14(12-7-8-20-17(16(12)13)18(24)25)21-15(23)9-10-1-3-11(22)4-2-10/h1-8,22H,9H2,(H,21,23)(H,24,25). The van der Waals surface area contributed by atoms with Crippen LogP contribution >= 0.6 is 0 Å². The van der Waals surface area contributed by atoms with E-state index in [0.717, 1.165) is 6.07 Å². The van der Waals surface area contributed by atoms with Gasteiger partial charge in [0.15, 0.2) is 5.69 Å². The number of aromatic carboxylic acids is 1. The summed E-state index contributed by atoms with van der Waals surface area (Å²) in [6, 6.07) is 10.1. The molecule has 3 N–H and O–H groups in total. The number of phenols is 1. The van der Waals surface area contributed by atoms with E-state index >= 15 is 0 Å². The second-order valence-corrected chi connectivity index (χ2v) is 5.37. The van der Waals surface area contributed by atoms with Crippen molar-refractivity contribution in [3.63, 3.8) is 0 Å². The summed E-state index contributed by atoms with van der Waals surface area (Å²) < 4.78 is 14.1. The van der Waals surface area contributed by atoms with Crippen LogP contribution in [0.5, 0.6) is 5.75 Å². The number of hydrogen-bond acceptors (Lipinski definition) is 4. The van der Waals surface area contributed by atoms with Crippen molar-refractivity contribution < 1.29 is 24.2 Å². The van der Waals surface area contributed by atoms with Gasteiger partial charge in [-0.15, -0.1) is 0 Å². The van der Waals surface area contributed by atoms with Gasteiger partial charge in [0.1, 0.15) is 11.6 Å². The van der Waals surface area contributed by atoms with Crippen molar-refractivity contribution in [3.05, 3.63) is 65.7 Å². The fourth-order valence-corrected chi connectivity index (χ4v) is 2.52. The third kappa shape index (κ3) is 3.40. The largest absolute Gasteiger partial charge is 0.508 e. The van der Waals surface area contributed by atoms with Crippen molar-refractivity contribution in [1.82, 2.24) is 4.98 Å². The Morgan fingerprint density at radius 1 is 1.08 bits per heavy atom. The maximum atomic E-state index is 14.1. The lowest BCUT2D eigenvalue weighted by Gasteiger charge is -2.11. The number of carboxylic acid groups (broad SMARTS) is 1. The zero-order valence-electron chi connectivity index (χ0n) is 12.9. The molecular formula is C18H13FN2O4. The molecule has 0 fully saturated rings. The number of rotatable bonds is 4. The lowest BCUT2D eigenvalue weighted by molar-refractivity contribution is -0.115. The minimum atomic E-state index is -1.35. The van der Waals surface area contributed by atoms with Crippen LogP contribution in [0.25, 0.3) is 10.8 Å². The summed E-state index contributed by atoms with van der Waals surface area (Å²) in [6.45, 7) is 0. The SMILES string of the molecule is O=C(Cc1ccc(O)cc1)Nc1ccc(F)c2c(C(=O)O)nccc12. The number of carboxylic acids is 1. The van der Waals surface area contributed by atoms with Crippen molar-refractivity contribution in [1.29, 1.82) is 0 Å². The number of aromatic hydroxyl groups is 1. The van der Waals surface area contributed by atoms with Crippen molar-refractivity contribution >= 4 is 28.3 Å². The Bertz CT molecular complexity index is 971. The predicted octanol–water partition coefficient (Wildman–Crippen LogP) is 2.96. The lowest BCUT2D eigenvalue weighted by Crippen LogP contribution is -2.15. The van der Waals surface area contributed by atoms with E-state index in [1.807, 2.05) is 0 Å². The summed E-state index contributed by atoms with van der Waals surface area (Å²) in [4.78, 5) is 27.1. The van der Waals surface area contributed by atoms with Crippen LogP contribution in [0.1, 0.15) is 16.1 Å². The molecule has 0 aliphatic carbocycles. The fraction of sp³-hybridized carbons (Fsp3) is 0.0556. The third-order valence-corrected chi connectivity index (χ3v) is 3.65. The first kappa shape index (κ1) is 16.4. The molecule has 1 amide bonds. The molecule has 1 aromatic heterocycles. The number of carbonyl (C=O) groups is 2. The Morgan fingerprint density at radius 3 is 2.48 bits per heavy atom. The van der Waals surface area contributed by atoms with Crippen LogP contribution in [0.3, 0.4) is 0 Å². The number of nitrogens with zero attached hydrogens (tertiary/aromatic N) is 1. The third-order valence-electron chi connectivity index (χ3n) is 3.65. The number of aromatic nitrogens is 1. The van der Waals surface area contributed by atoms with Crippen LogP contribution in [0.2, 0.25) is 0 Å². The molecule has 0 unspecified atom stereocenters. The quantitative estimate of drug-likeness (QED) is 0.678. The molecule has 0 aliphatic rings. The number of fused-ring (bicyclic) bond motifs is 1. The normalized spacial score (nSPS) is 10.6. The van der Waals surface area contributed by atoms with Gasteiger partial charge in [0.2, 0.25) is 5.91 Å². The molecule has 25 heavy (non-hydrogen) atoms. The Hall–Kier alpha value is -3.48. The van der Waals surface area contributed by atoms with E-state index < -0.39 is 17.5 Å². The Kier molecular flexibility index (Phi) is 4.30. The van der Waals surface area contributed by atoms with E-state index in [9.17, 15) is 19.1 Å². The molecule has 3 aromatic rings. The summed E-state index contributed by atoms with van der Waals surface area (Å²) in [7, 11) is 0. The van der Waals surface area contributed by atoms with E-state index in [-0.39, 0.29) is 28.8 Å². The second-order valence-electron chi connectivity index (χ2n) is 5.37. The molecule has 0 bridgehead atoms. The van der Waals surface area contributed by atoms with Gasteiger partial charge in [-0.1, -0.05) is 12.1 Å². The molecule has 7 heteroatoms. The molecular weight excluding hydrogens is 327 g/mol. The Labute approximate surface area is 141 Å². The molecule has 0 saturated heterocycles. The van der Waals surface area contributed by atoms with Crippen LogP contribution in [-0.2, 0) is 11.2 Å². The number of anilines is 1. The van der Waals surface area contributed by atoms with E-state index in [2.05, 4.69) is 10.3 Å². The zero-order valence-corrected chi connectivity index (χ0v) is 12.9. The van der Waals surface area contributed by atoms with Gasteiger partial charge in [-0.2, -0.15) is 0 Å². The molecule has 3 rings (SSSR count). The van der Waals surface area contributed by atoms with E-state index in [1.54, 1.807) is 12.1 Å². The number of benzene rings is 2. The first-order valence-corrected chi connectivity index (χ1v) is 7.34. The predicted molar refractivity (Wildman–Crippen MR) is 89.1 cm³/mol. The van der Waals surface area contributed by atoms with Crippen LogP contribution in [0, 0.1) is 5.82 Å². The number of phenolic OH excluding ortho intramolecular Hbond substituents is 1. The molecule has 0 saturated carbocycles. The summed E-state index contributed by atoms with van der Waals surface area (Å²) in [5.41, 5.74) is 0.573. The average Bonchev–Trinajstić information content (AvgIpc) is 2.59. The minimum absolute atomic E-state index is 0.0516. The highest BCUT2D eigenvalue weighted by atomic mass is 19.1. The number of nitrogens with one attached hydrogen (secondary N) is 1. The average molecular weight is 340 g/mol. The monoisotopic (exact) mass is 340 g/mol. The highest BCUT2D eigenvalue weighted by Gasteiger charge is 2.17. The molecule has 6 nitrogen and oxygen atoms in total. The van der Waals surface area contributed by atoms with Crippen LogP contribution in [-0.4, -0.2) is 27.1 Å². The second kappa shape index (κ2) is 6.56. The van der Waals surface area contributed by atoms with Crippen LogP contribution in [0.4, 0.5) is 10.1 Å². The lowest BCUT2D eigenvalue weighted by atomic mass is 10.1. The molecule has 1 heterocycles. The topological polar surface area (TPSA) is 99.5 Å². The first-order valence-electron chi connectivity index (χ1n) is 7.34. The summed E-state index contributed by atoms with van der Waals surface area (Å²) in [5, 5.41) is 21.2. The summed E-state index contributed by atoms with van der Waals surface area (Å²) in [6.07, 6.45) is 1.30. The molecule has 126 valence electrons. The van der Waals surface area contributed by atoms with Gasteiger partial charge in [0.25, 0.3) is 0 Å². The fourth-order valence-electron chi connectivity index (χ4n) is 2.52. The highest BCUT2D eigenvalue weighted by molar-refractivity contribution is 6.08. The van der Waals surface area contributed by atoms with Gasteiger partial charge in [0.05, 0.1) is 11.8 Å². The first-order chi connectivity index (χ1) is 12.0. The summed E-state index contributed by atoms with van der Waals surface area (Å²) in [5.74, 6) is -2.33. The Balaban J connectivity index is 1.92.